The Morgan fingerprint density at radius 1 is 0.647 bits per heavy atom. The molecule has 0 atom stereocenters. The van der Waals surface area contributed by atoms with Gasteiger partial charge in [0.2, 0.25) is 0 Å². The number of aliphatic imine (C=N–C) groups is 2. The van der Waals surface area contributed by atoms with Crippen LogP contribution < -0.4 is 0 Å². The minimum Gasteiger partial charge on any atom is -0.293 e. The molecular formula is C27H33N7. The Morgan fingerprint density at radius 3 is 1.82 bits per heavy atom. The molecule has 0 aliphatic carbocycles. The van der Waals surface area contributed by atoms with Crippen LogP contribution in [0.1, 0.15) is 45.3 Å². The smallest absolute Gasteiger partial charge is 0.0862 e. The van der Waals surface area contributed by atoms with Crippen molar-refractivity contribution in [2.24, 2.45) is 15.1 Å². The summed E-state index contributed by atoms with van der Waals surface area (Å²) in [6.07, 6.45) is 5.48. The quantitative estimate of drug-likeness (QED) is 0.337. The van der Waals surface area contributed by atoms with Gasteiger partial charge in [-0.05, 0) is 70.0 Å². The van der Waals surface area contributed by atoms with E-state index in [4.69, 9.17) is 5.10 Å². The third-order valence-electron chi connectivity index (χ3n) is 5.22. The summed E-state index contributed by atoms with van der Waals surface area (Å²) in [5.74, 6) is 0. The second kappa shape index (κ2) is 12.5. The van der Waals surface area contributed by atoms with Gasteiger partial charge < -0.3 is 0 Å². The first-order valence-corrected chi connectivity index (χ1v) is 11.5. The molecule has 0 aromatic carbocycles. The highest BCUT2D eigenvalue weighted by Crippen LogP contribution is 2.05. The van der Waals surface area contributed by atoms with Gasteiger partial charge in [0, 0.05) is 29.5 Å². The fraction of sp³-hybridized carbons (Fsp3) is 0.333. The van der Waals surface area contributed by atoms with Crippen molar-refractivity contribution in [3.05, 3.63) is 87.8 Å². The van der Waals surface area contributed by atoms with Crippen LogP contribution in [0.5, 0.6) is 0 Å². The van der Waals surface area contributed by atoms with Gasteiger partial charge in [-0.2, -0.15) is 5.10 Å². The second-order valence-corrected chi connectivity index (χ2v) is 8.28. The summed E-state index contributed by atoms with van der Waals surface area (Å²) < 4.78 is 0. The fourth-order valence-corrected chi connectivity index (χ4v) is 3.21. The zero-order valence-electron chi connectivity index (χ0n) is 20.7. The van der Waals surface area contributed by atoms with E-state index >= 15 is 0 Å². The average Bonchev–Trinajstić information content (AvgIpc) is 2.81. The van der Waals surface area contributed by atoms with Gasteiger partial charge in [0.15, 0.2) is 0 Å². The summed E-state index contributed by atoms with van der Waals surface area (Å²) in [6.45, 7) is 12.6. The molecule has 34 heavy (non-hydrogen) atoms. The number of aromatic nitrogens is 3. The molecule has 176 valence electrons. The van der Waals surface area contributed by atoms with Crippen molar-refractivity contribution >= 4 is 18.6 Å². The molecule has 0 aliphatic rings. The van der Waals surface area contributed by atoms with Crippen molar-refractivity contribution < 1.29 is 0 Å². The van der Waals surface area contributed by atoms with Gasteiger partial charge >= 0.3 is 0 Å². The molecule has 3 aromatic heterocycles. The second-order valence-electron chi connectivity index (χ2n) is 8.28. The summed E-state index contributed by atoms with van der Waals surface area (Å²) in [5, 5.41) is 6.68. The molecule has 7 nitrogen and oxygen atoms in total. The van der Waals surface area contributed by atoms with Crippen LogP contribution in [-0.2, 0) is 0 Å². The van der Waals surface area contributed by atoms with Gasteiger partial charge in [-0.25, -0.2) is 0 Å². The van der Waals surface area contributed by atoms with Crippen LogP contribution in [0.3, 0.4) is 0 Å². The number of nitrogens with zero attached hydrogens (tertiary/aromatic N) is 7. The van der Waals surface area contributed by atoms with Crippen LogP contribution in [0.2, 0.25) is 0 Å². The van der Waals surface area contributed by atoms with Gasteiger partial charge in [-0.15, -0.1) is 0 Å². The molecular weight excluding hydrogens is 422 g/mol. The number of pyridine rings is 3. The summed E-state index contributed by atoms with van der Waals surface area (Å²) in [5.41, 5.74) is 7.79. The van der Waals surface area contributed by atoms with Gasteiger partial charge in [0.1, 0.15) is 0 Å². The zero-order chi connectivity index (χ0) is 24.3. The third-order valence-corrected chi connectivity index (χ3v) is 5.22. The van der Waals surface area contributed by atoms with E-state index in [-0.39, 0.29) is 0 Å². The molecule has 0 spiro atoms. The first-order chi connectivity index (χ1) is 16.4. The van der Waals surface area contributed by atoms with E-state index < -0.39 is 0 Å². The number of hydrazone groups is 1. The van der Waals surface area contributed by atoms with Crippen LogP contribution in [-0.4, -0.2) is 64.8 Å². The van der Waals surface area contributed by atoms with Gasteiger partial charge in [-0.3, -0.25) is 29.9 Å². The van der Waals surface area contributed by atoms with Gasteiger partial charge in [-0.1, -0.05) is 18.2 Å². The summed E-state index contributed by atoms with van der Waals surface area (Å²) in [4.78, 5) is 22.7. The molecule has 0 unspecified atom stereocenters. The Morgan fingerprint density at radius 2 is 1.21 bits per heavy atom. The lowest BCUT2D eigenvalue weighted by molar-refractivity contribution is 0.307. The Bertz CT molecular complexity index is 1180. The summed E-state index contributed by atoms with van der Waals surface area (Å²) >= 11 is 0. The van der Waals surface area contributed by atoms with Crippen LogP contribution in [0.4, 0.5) is 0 Å². The maximum absolute atomic E-state index is 4.70. The SMILES string of the molecule is Cc1cccc(/C=N/CCN(CC/N=C/c2nc(C)ccc2C)/N=C/c2nc(C)ccc2C)n1. The Labute approximate surface area is 202 Å². The molecule has 7 heteroatoms. The monoisotopic (exact) mass is 455 g/mol. The van der Waals surface area contributed by atoms with Crippen molar-refractivity contribution in [2.45, 2.75) is 34.6 Å². The van der Waals surface area contributed by atoms with E-state index in [1.54, 1.807) is 0 Å². The topological polar surface area (TPSA) is 79.0 Å². The van der Waals surface area contributed by atoms with E-state index in [9.17, 15) is 0 Å². The first kappa shape index (κ1) is 24.9. The number of rotatable bonds is 10. The lowest BCUT2D eigenvalue weighted by Gasteiger charge is -2.17. The highest BCUT2D eigenvalue weighted by atomic mass is 15.4. The molecule has 0 aliphatic heterocycles. The molecule has 0 bridgehead atoms. The zero-order valence-corrected chi connectivity index (χ0v) is 20.7. The summed E-state index contributed by atoms with van der Waals surface area (Å²) in [7, 11) is 0. The minimum absolute atomic E-state index is 0.607. The predicted molar refractivity (Wildman–Crippen MR) is 140 cm³/mol. The van der Waals surface area contributed by atoms with Crippen LogP contribution in [0.15, 0.2) is 57.6 Å². The molecule has 3 heterocycles. The molecule has 3 rings (SSSR count). The number of aryl methyl sites for hydroxylation is 5. The Hall–Kier alpha value is -3.74. The molecule has 0 N–H and O–H groups in total. The van der Waals surface area contributed by atoms with Crippen molar-refractivity contribution in [3.63, 3.8) is 0 Å². The molecule has 0 saturated carbocycles. The fourth-order valence-electron chi connectivity index (χ4n) is 3.21. The number of hydrogen-bond acceptors (Lipinski definition) is 7. The summed E-state index contributed by atoms with van der Waals surface area (Å²) in [6, 6.07) is 14.1. The van der Waals surface area contributed by atoms with E-state index in [0.717, 1.165) is 45.3 Å². The lowest BCUT2D eigenvalue weighted by atomic mass is 10.2. The molecule has 3 aromatic rings. The lowest BCUT2D eigenvalue weighted by Crippen LogP contribution is -2.24. The standard InChI is InChI=1S/C27H33N7/c1-20-9-11-23(4)32-26(20)18-29-14-16-34(30-19-27-21(2)10-12-24(5)33-27)15-13-28-17-25-8-6-7-22(3)31-25/h6-12,17-19H,13-16H2,1-5H3/b28-17+,29-18+,30-19+. The minimum atomic E-state index is 0.607. The Balaban J connectivity index is 1.65. The molecule has 0 saturated heterocycles. The molecule has 0 fully saturated rings. The van der Waals surface area contributed by atoms with Crippen LogP contribution in [0, 0.1) is 34.6 Å². The molecule has 0 amide bonds. The highest BCUT2D eigenvalue weighted by molar-refractivity contribution is 5.79. The number of hydrogen-bond donors (Lipinski definition) is 0. The maximum atomic E-state index is 4.70. The van der Waals surface area contributed by atoms with Crippen molar-refractivity contribution in [1.82, 2.24) is 20.0 Å². The predicted octanol–water partition coefficient (Wildman–Crippen LogP) is 4.29. The van der Waals surface area contributed by atoms with Gasteiger partial charge in [0.05, 0.1) is 49.5 Å². The molecule has 0 radical (unpaired) electrons. The average molecular weight is 456 g/mol. The largest absolute Gasteiger partial charge is 0.293 e. The van der Waals surface area contributed by atoms with E-state index in [2.05, 4.69) is 37.1 Å². The normalized spacial score (nSPS) is 11.8. The van der Waals surface area contributed by atoms with Crippen molar-refractivity contribution in [3.8, 4) is 0 Å². The van der Waals surface area contributed by atoms with Crippen molar-refractivity contribution in [2.75, 3.05) is 26.2 Å². The highest BCUT2D eigenvalue weighted by Gasteiger charge is 2.03. The maximum Gasteiger partial charge on any atom is 0.0862 e. The van der Waals surface area contributed by atoms with Crippen molar-refractivity contribution in [1.29, 1.82) is 0 Å². The Kier molecular flexibility index (Phi) is 9.14. The van der Waals surface area contributed by atoms with Gasteiger partial charge in [0.25, 0.3) is 0 Å². The van der Waals surface area contributed by atoms with E-state index in [1.807, 2.05) is 88.6 Å². The first-order valence-electron chi connectivity index (χ1n) is 11.5. The van der Waals surface area contributed by atoms with Crippen LogP contribution >= 0.6 is 0 Å². The third kappa shape index (κ3) is 7.99. The van der Waals surface area contributed by atoms with E-state index in [1.165, 1.54) is 0 Å². The van der Waals surface area contributed by atoms with E-state index in [0.29, 0.717) is 26.2 Å². The van der Waals surface area contributed by atoms with Crippen LogP contribution in [0.25, 0.3) is 0 Å².